The normalized spacial score (nSPS) is 29.8. The number of thiol groups is 1. The molecule has 1 aromatic heterocycles. The summed E-state index contributed by atoms with van der Waals surface area (Å²) in [4.78, 5) is 15.4. The number of nitrogens with zero attached hydrogens (tertiary/aromatic N) is 2. The highest BCUT2D eigenvalue weighted by atomic mass is 32.1. The Morgan fingerprint density at radius 2 is 2.35 bits per heavy atom. The lowest BCUT2D eigenvalue weighted by molar-refractivity contribution is -0.0710. The first-order valence-corrected chi connectivity index (χ1v) is 6.73. The van der Waals surface area contributed by atoms with Gasteiger partial charge in [0.25, 0.3) is 0 Å². The van der Waals surface area contributed by atoms with Gasteiger partial charge in [-0.15, -0.1) is 0 Å². The van der Waals surface area contributed by atoms with E-state index in [1.165, 1.54) is 16.8 Å². The summed E-state index contributed by atoms with van der Waals surface area (Å²) in [5.41, 5.74) is 4.81. The second-order valence-electron chi connectivity index (χ2n) is 4.34. The molecule has 1 aliphatic heterocycles. The summed E-state index contributed by atoms with van der Waals surface area (Å²) in [7, 11) is 0. The number of hydrogen-bond donors (Lipinski definition) is 4. The molecule has 0 radical (unpaired) electrons. The number of rotatable bonds is 5. The zero-order valence-electron chi connectivity index (χ0n) is 10.6. The zero-order chi connectivity index (χ0) is 14.7. The summed E-state index contributed by atoms with van der Waals surface area (Å²) in [6, 6.07) is 1.44. The molecule has 4 N–H and O–H groups in total. The Labute approximate surface area is 120 Å². The van der Waals surface area contributed by atoms with Crippen LogP contribution < -0.4 is 11.4 Å². The van der Waals surface area contributed by atoms with Gasteiger partial charge < -0.3 is 25.4 Å². The van der Waals surface area contributed by atoms with Crippen LogP contribution in [0.25, 0.3) is 0 Å². The Morgan fingerprint density at radius 1 is 1.60 bits per heavy atom. The van der Waals surface area contributed by atoms with Crippen molar-refractivity contribution in [1.82, 2.24) is 9.55 Å². The molecule has 0 spiro atoms. The summed E-state index contributed by atoms with van der Waals surface area (Å²) >= 11 is 4.02. The van der Waals surface area contributed by atoms with E-state index in [-0.39, 0.29) is 19.0 Å². The van der Waals surface area contributed by atoms with Crippen LogP contribution in [0.1, 0.15) is 6.23 Å². The number of aliphatic hydroxyl groups is 2. The molecule has 0 unspecified atom stereocenters. The fourth-order valence-electron chi connectivity index (χ4n) is 2.08. The molecule has 9 heteroatoms. The van der Waals surface area contributed by atoms with Gasteiger partial charge in [0.2, 0.25) is 0 Å². The molecule has 0 saturated carbocycles. The van der Waals surface area contributed by atoms with E-state index in [1.54, 1.807) is 0 Å². The molecule has 2 heterocycles. The summed E-state index contributed by atoms with van der Waals surface area (Å²) < 4.78 is 12.1. The third kappa shape index (κ3) is 2.96. The molecular formula is C11H17N3O5S. The van der Waals surface area contributed by atoms with Crippen LogP contribution in [0.15, 0.2) is 17.1 Å². The van der Waals surface area contributed by atoms with Gasteiger partial charge in [0, 0.05) is 11.9 Å². The van der Waals surface area contributed by atoms with E-state index >= 15 is 0 Å². The molecule has 2 rings (SSSR count). The molecule has 1 saturated heterocycles. The maximum atomic E-state index is 11.8. The maximum Gasteiger partial charge on any atom is 0.351 e. The molecule has 0 amide bonds. The molecule has 1 aliphatic rings. The van der Waals surface area contributed by atoms with Gasteiger partial charge in [-0.3, -0.25) is 4.57 Å². The molecule has 20 heavy (non-hydrogen) atoms. The van der Waals surface area contributed by atoms with Crippen molar-refractivity contribution in [2.24, 2.45) is 0 Å². The SMILES string of the molecule is Nc1ccn([C@@H]2O[C@H](CO)[C@@H](O)[C@H]2OCCS)c(=O)n1. The van der Waals surface area contributed by atoms with Crippen molar-refractivity contribution in [3.63, 3.8) is 0 Å². The second-order valence-corrected chi connectivity index (χ2v) is 4.79. The van der Waals surface area contributed by atoms with Crippen LogP contribution in [0, 0.1) is 0 Å². The zero-order valence-corrected chi connectivity index (χ0v) is 11.5. The molecule has 8 nitrogen and oxygen atoms in total. The van der Waals surface area contributed by atoms with E-state index < -0.39 is 30.2 Å². The van der Waals surface area contributed by atoms with Crippen LogP contribution in [0.5, 0.6) is 0 Å². The van der Waals surface area contributed by atoms with Crippen LogP contribution in [0.3, 0.4) is 0 Å². The minimum absolute atomic E-state index is 0.0938. The van der Waals surface area contributed by atoms with Crippen molar-refractivity contribution >= 4 is 18.4 Å². The number of hydrogen-bond acceptors (Lipinski definition) is 8. The van der Waals surface area contributed by atoms with Crippen molar-refractivity contribution < 1.29 is 19.7 Å². The quantitative estimate of drug-likeness (QED) is 0.483. The lowest BCUT2D eigenvalue weighted by Gasteiger charge is -2.21. The first kappa shape index (κ1) is 15.3. The number of nitrogen functional groups attached to an aromatic ring is 1. The van der Waals surface area contributed by atoms with E-state index in [4.69, 9.17) is 15.2 Å². The highest BCUT2D eigenvalue weighted by Crippen LogP contribution is 2.30. The van der Waals surface area contributed by atoms with Gasteiger partial charge >= 0.3 is 5.69 Å². The Balaban J connectivity index is 2.29. The fourth-order valence-corrected chi connectivity index (χ4v) is 2.19. The lowest BCUT2D eigenvalue weighted by atomic mass is 10.1. The van der Waals surface area contributed by atoms with Crippen LogP contribution in [0.2, 0.25) is 0 Å². The Bertz CT molecular complexity index is 511. The van der Waals surface area contributed by atoms with Crippen molar-refractivity contribution in [2.75, 3.05) is 24.7 Å². The maximum absolute atomic E-state index is 11.8. The van der Waals surface area contributed by atoms with Crippen LogP contribution in [-0.2, 0) is 9.47 Å². The molecule has 112 valence electrons. The first-order valence-electron chi connectivity index (χ1n) is 6.10. The fraction of sp³-hybridized carbons (Fsp3) is 0.636. The molecular weight excluding hydrogens is 286 g/mol. The van der Waals surface area contributed by atoms with Gasteiger partial charge in [0.05, 0.1) is 13.2 Å². The van der Waals surface area contributed by atoms with Crippen molar-refractivity contribution in [1.29, 1.82) is 0 Å². The van der Waals surface area contributed by atoms with Crippen molar-refractivity contribution in [2.45, 2.75) is 24.5 Å². The van der Waals surface area contributed by atoms with Gasteiger partial charge in [-0.25, -0.2) is 4.79 Å². The van der Waals surface area contributed by atoms with E-state index in [9.17, 15) is 15.0 Å². The first-order chi connectivity index (χ1) is 9.58. The summed E-state index contributed by atoms with van der Waals surface area (Å²) in [6.45, 7) is -0.102. The van der Waals surface area contributed by atoms with E-state index in [2.05, 4.69) is 17.6 Å². The smallest absolute Gasteiger partial charge is 0.351 e. The number of aromatic nitrogens is 2. The van der Waals surface area contributed by atoms with Gasteiger partial charge in [0.1, 0.15) is 24.1 Å². The average molecular weight is 303 g/mol. The monoisotopic (exact) mass is 303 g/mol. The molecule has 4 atom stereocenters. The third-order valence-corrected chi connectivity index (χ3v) is 3.20. The Morgan fingerprint density at radius 3 is 2.95 bits per heavy atom. The highest BCUT2D eigenvalue weighted by Gasteiger charge is 2.45. The largest absolute Gasteiger partial charge is 0.394 e. The van der Waals surface area contributed by atoms with Gasteiger partial charge in [-0.2, -0.15) is 17.6 Å². The number of aliphatic hydroxyl groups excluding tert-OH is 2. The summed E-state index contributed by atoms with van der Waals surface area (Å²) in [6.07, 6.45) is -2.12. The Hall–Kier alpha value is -1.13. The standard InChI is InChI=1S/C11H17N3O5S/c12-7-1-2-14(11(17)13-7)10-9(18-3-4-20)8(16)6(5-15)19-10/h1-2,6,8-10,15-16,20H,3-5H2,(H2,12,13,17)/t6-,8-,9-,10-/m1/s1. The van der Waals surface area contributed by atoms with Crippen molar-refractivity contribution in [3.8, 4) is 0 Å². The van der Waals surface area contributed by atoms with Gasteiger partial charge in [-0.05, 0) is 6.07 Å². The Kier molecular flexibility index (Phi) is 5.00. The van der Waals surface area contributed by atoms with Gasteiger partial charge in [-0.1, -0.05) is 0 Å². The minimum Gasteiger partial charge on any atom is -0.394 e. The second kappa shape index (κ2) is 6.55. The predicted octanol–water partition coefficient (Wildman–Crippen LogP) is -1.61. The summed E-state index contributed by atoms with van der Waals surface area (Å²) in [5, 5.41) is 19.2. The highest BCUT2D eigenvalue weighted by molar-refractivity contribution is 7.80. The molecule has 0 aromatic carbocycles. The van der Waals surface area contributed by atoms with E-state index in [1.807, 2.05) is 0 Å². The molecule has 0 aliphatic carbocycles. The van der Waals surface area contributed by atoms with Crippen LogP contribution in [0.4, 0.5) is 5.82 Å². The molecule has 1 aromatic rings. The summed E-state index contributed by atoms with van der Waals surface area (Å²) in [5.74, 6) is 0.547. The number of nitrogens with two attached hydrogens (primary N) is 1. The third-order valence-electron chi connectivity index (χ3n) is 3.02. The predicted molar refractivity (Wildman–Crippen MR) is 73.5 cm³/mol. The number of anilines is 1. The van der Waals surface area contributed by atoms with Gasteiger partial charge in [0.15, 0.2) is 6.23 Å². The van der Waals surface area contributed by atoms with Crippen LogP contribution >= 0.6 is 12.6 Å². The van der Waals surface area contributed by atoms with Crippen LogP contribution in [-0.4, -0.2) is 57.0 Å². The van der Waals surface area contributed by atoms with E-state index in [0.717, 1.165) is 0 Å². The van der Waals surface area contributed by atoms with E-state index in [0.29, 0.717) is 5.75 Å². The molecule has 0 bridgehead atoms. The average Bonchev–Trinajstić information content (AvgIpc) is 2.73. The molecule has 1 fully saturated rings. The minimum atomic E-state index is -1.05. The topological polar surface area (TPSA) is 120 Å². The van der Waals surface area contributed by atoms with Crippen molar-refractivity contribution in [3.05, 3.63) is 22.7 Å². The lowest BCUT2D eigenvalue weighted by Crippen LogP contribution is -2.38. The number of ether oxygens (including phenoxy) is 2.